The van der Waals surface area contributed by atoms with Crippen LogP contribution in [0, 0.1) is 5.82 Å². The summed E-state index contributed by atoms with van der Waals surface area (Å²) >= 11 is 0. The average molecular weight is 409 g/mol. The topological polar surface area (TPSA) is 111 Å². The number of carbonyl (C=O) groups excluding carboxylic acids is 1. The lowest BCUT2D eigenvalue weighted by atomic mass is 10.1. The number of hydrogen-bond donors (Lipinski definition) is 3. The standard InChI is InChI=1S/C17H15F4N7O/c1-28-8-11(6-25-28)26-16-24-7-12(14(22)29)15(27-16)23-5-9-4-10(17(19,20)21)2-3-13(9)18/h2-4,6-8H,5H2,1H3,(H2,22,29)(H2,23,24,26,27). The van der Waals surface area contributed by atoms with Crippen molar-refractivity contribution in [2.45, 2.75) is 12.7 Å². The monoisotopic (exact) mass is 409 g/mol. The van der Waals surface area contributed by atoms with Gasteiger partial charge in [0.25, 0.3) is 5.91 Å². The number of primary amides is 1. The van der Waals surface area contributed by atoms with Gasteiger partial charge in [0.1, 0.15) is 11.6 Å². The van der Waals surface area contributed by atoms with Crippen molar-refractivity contribution in [1.82, 2.24) is 19.7 Å². The van der Waals surface area contributed by atoms with E-state index in [0.29, 0.717) is 17.8 Å². The number of nitrogens with one attached hydrogen (secondary N) is 2. The first-order chi connectivity index (χ1) is 13.6. The lowest BCUT2D eigenvalue weighted by Crippen LogP contribution is -2.17. The smallest absolute Gasteiger partial charge is 0.365 e. The molecule has 12 heteroatoms. The number of alkyl halides is 3. The summed E-state index contributed by atoms with van der Waals surface area (Å²) in [7, 11) is 1.71. The lowest BCUT2D eigenvalue weighted by Gasteiger charge is -2.13. The summed E-state index contributed by atoms with van der Waals surface area (Å²) in [6, 6.07) is 2.06. The molecule has 0 aliphatic carbocycles. The number of aryl methyl sites for hydroxylation is 1. The fourth-order valence-electron chi connectivity index (χ4n) is 2.44. The third-order valence-corrected chi connectivity index (χ3v) is 3.83. The van der Waals surface area contributed by atoms with Crippen LogP contribution in [0.5, 0.6) is 0 Å². The number of amides is 1. The predicted molar refractivity (Wildman–Crippen MR) is 95.8 cm³/mol. The molecule has 3 aromatic rings. The maximum Gasteiger partial charge on any atom is 0.416 e. The Balaban J connectivity index is 1.85. The minimum atomic E-state index is -4.61. The van der Waals surface area contributed by atoms with Gasteiger partial charge in [0.15, 0.2) is 0 Å². The molecule has 0 fully saturated rings. The number of hydrogen-bond acceptors (Lipinski definition) is 6. The average Bonchev–Trinajstić information content (AvgIpc) is 3.04. The predicted octanol–water partition coefficient (Wildman–Crippen LogP) is 2.82. The summed E-state index contributed by atoms with van der Waals surface area (Å²) in [5, 5.41) is 9.46. The van der Waals surface area contributed by atoms with Crippen LogP contribution in [0.2, 0.25) is 0 Å². The minimum Gasteiger partial charge on any atom is -0.365 e. The van der Waals surface area contributed by atoms with Crippen LogP contribution in [0.3, 0.4) is 0 Å². The van der Waals surface area contributed by atoms with Gasteiger partial charge in [0.2, 0.25) is 5.95 Å². The molecule has 3 rings (SSSR count). The van der Waals surface area contributed by atoms with Gasteiger partial charge in [-0.25, -0.2) is 9.37 Å². The van der Waals surface area contributed by atoms with E-state index in [-0.39, 0.29) is 29.4 Å². The third-order valence-electron chi connectivity index (χ3n) is 3.83. The van der Waals surface area contributed by atoms with Crippen LogP contribution in [0.15, 0.2) is 36.8 Å². The number of halogens is 4. The second-order valence-corrected chi connectivity index (χ2v) is 6.01. The van der Waals surface area contributed by atoms with Crippen LogP contribution >= 0.6 is 0 Å². The van der Waals surface area contributed by atoms with Crippen LogP contribution in [0.25, 0.3) is 0 Å². The zero-order valence-electron chi connectivity index (χ0n) is 15.0. The number of aromatic nitrogens is 4. The SMILES string of the molecule is Cn1cc(Nc2ncc(C(N)=O)c(NCc3cc(C(F)(F)F)ccc3F)n2)cn1. The summed E-state index contributed by atoms with van der Waals surface area (Å²) in [4.78, 5) is 19.7. The Bertz CT molecular complexity index is 1050. The van der Waals surface area contributed by atoms with Gasteiger partial charge < -0.3 is 16.4 Å². The van der Waals surface area contributed by atoms with Gasteiger partial charge in [-0.15, -0.1) is 0 Å². The van der Waals surface area contributed by atoms with E-state index in [1.165, 1.54) is 10.9 Å². The van der Waals surface area contributed by atoms with Crippen LogP contribution < -0.4 is 16.4 Å². The van der Waals surface area contributed by atoms with Crippen molar-refractivity contribution < 1.29 is 22.4 Å². The van der Waals surface area contributed by atoms with Crippen molar-refractivity contribution in [3.63, 3.8) is 0 Å². The van der Waals surface area contributed by atoms with Gasteiger partial charge in [-0.05, 0) is 18.2 Å². The summed E-state index contributed by atoms with van der Waals surface area (Å²) < 4.78 is 54.0. The molecule has 29 heavy (non-hydrogen) atoms. The Morgan fingerprint density at radius 1 is 1.28 bits per heavy atom. The third kappa shape index (κ3) is 4.78. The highest BCUT2D eigenvalue weighted by Gasteiger charge is 2.31. The fraction of sp³-hybridized carbons (Fsp3) is 0.176. The van der Waals surface area contributed by atoms with E-state index in [1.807, 2.05) is 0 Å². The van der Waals surface area contributed by atoms with Gasteiger partial charge in [-0.1, -0.05) is 0 Å². The van der Waals surface area contributed by atoms with Gasteiger partial charge in [0.05, 0.1) is 23.0 Å². The van der Waals surface area contributed by atoms with E-state index < -0.39 is 23.5 Å². The number of benzene rings is 1. The molecular weight excluding hydrogens is 394 g/mol. The van der Waals surface area contributed by atoms with E-state index in [2.05, 4.69) is 25.7 Å². The highest BCUT2D eigenvalue weighted by atomic mass is 19.4. The molecule has 0 aliphatic rings. The number of carbonyl (C=O) groups is 1. The maximum absolute atomic E-state index is 13.9. The first kappa shape index (κ1) is 20.0. The fourth-order valence-corrected chi connectivity index (χ4v) is 2.44. The second kappa shape index (κ2) is 7.73. The number of anilines is 3. The lowest BCUT2D eigenvalue weighted by molar-refractivity contribution is -0.137. The summed E-state index contributed by atoms with van der Waals surface area (Å²) in [6.45, 7) is -0.362. The second-order valence-electron chi connectivity index (χ2n) is 6.01. The number of nitrogens with zero attached hydrogens (tertiary/aromatic N) is 4. The maximum atomic E-state index is 13.9. The molecule has 0 aliphatic heterocycles. The molecule has 0 saturated heterocycles. The van der Waals surface area contributed by atoms with Gasteiger partial charge >= 0.3 is 6.18 Å². The highest BCUT2D eigenvalue weighted by Crippen LogP contribution is 2.30. The van der Waals surface area contributed by atoms with E-state index in [1.54, 1.807) is 13.2 Å². The molecule has 0 spiro atoms. The largest absolute Gasteiger partial charge is 0.416 e. The van der Waals surface area contributed by atoms with Gasteiger partial charge in [0, 0.05) is 31.5 Å². The molecule has 2 aromatic heterocycles. The van der Waals surface area contributed by atoms with Crippen molar-refractivity contribution in [3.8, 4) is 0 Å². The molecule has 2 heterocycles. The molecule has 0 unspecified atom stereocenters. The van der Waals surface area contributed by atoms with E-state index in [4.69, 9.17) is 5.73 Å². The molecule has 0 radical (unpaired) electrons. The Morgan fingerprint density at radius 3 is 2.66 bits per heavy atom. The zero-order valence-corrected chi connectivity index (χ0v) is 15.0. The number of rotatable bonds is 6. The van der Waals surface area contributed by atoms with Crippen LogP contribution in [-0.4, -0.2) is 25.7 Å². The molecule has 0 saturated carbocycles. The first-order valence-electron chi connectivity index (χ1n) is 8.15. The van der Waals surface area contributed by atoms with Gasteiger partial charge in [-0.3, -0.25) is 9.48 Å². The molecule has 1 aromatic carbocycles. The Morgan fingerprint density at radius 2 is 2.03 bits per heavy atom. The van der Waals surface area contributed by atoms with Crippen LogP contribution in [0.1, 0.15) is 21.5 Å². The number of nitrogens with two attached hydrogens (primary N) is 1. The van der Waals surface area contributed by atoms with E-state index in [9.17, 15) is 22.4 Å². The Labute approximate surface area is 161 Å². The van der Waals surface area contributed by atoms with Crippen molar-refractivity contribution >= 4 is 23.4 Å². The quantitative estimate of drug-likeness (QED) is 0.540. The summed E-state index contributed by atoms with van der Waals surface area (Å²) in [5.74, 6) is -1.68. The van der Waals surface area contributed by atoms with Crippen LogP contribution in [0.4, 0.5) is 35.0 Å². The van der Waals surface area contributed by atoms with E-state index >= 15 is 0 Å². The Hall–Kier alpha value is -3.70. The Kier molecular flexibility index (Phi) is 5.35. The normalized spacial score (nSPS) is 11.3. The van der Waals surface area contributed by atoms with Crippen molar-refractivity contribution in [3.05, 3.63) is 59.3 Å². The highest BCUT2D eigenvalue weighted by molar-refractivity contribution is 5.97. The first-order valence-corrected chi connectivity index (χ1v) is 8.15. The van der Waals surface area contributed by atoms with Crippen LogP contribution in [-0.2, 0) is 19.8 Å². The molecule has 0 bridgehead atoms. The molecular formula is C17H15F4N7O. The van der Waals surface area contributed by atoms with Crippen molar-refractivity contribution in [2.24, 2.45) is 12.8 Å². The molecule has 8 nitrogen and oxygen atoms in total. The zero-order chi connectivity index (χ0) is 21.2. The summed E-state index contributed by atoms with van der Waals surface area (Å²) in [5.41, 5.74) is 4.50. The molecule has 4 N–H and O–H groups in total. The summed E-state index contributed by atoms with van der Waals surface area (Å²) in [6.07, 6.45) is -0.303. The molecule has 152 valence electrons. The van der Waals surface area contributed by atoms with Crippen molar-refractivity contribution in [1.29, 1.82) is 0 Å². The minimum absolute atomic E-state index is 0.0595. The van der Waals surface area contributed by atoms with Crippen molar-refractivity contribution in [2.75, 3.05) is 10.6 Å². The molecule has 1 amide bonds. The van der Waals surface area contributed by atoms with Gasteiger partial charge in [-0.2, -0.15) is 23.3 Å². The molecule has 0 atom stereocenters. The van der Waals surface area contributed by atoms with E-state index in [0.717, 1.165) is 12.3 Å².